The van der Waals surface area contributed by atoms with Crippen LogP contribution in [-0.2, 0) is 25.9 Å². The third-order valence-electron chi connectivity index (χ3n) is 15.0. The minimum Gasteiger partial charge on any atom is -0.309 e. The molecule has 11 aromatic rings. The maximum Gasteiger partial charge on any atom is 0.402 e. The quantitative estimate of drug-likeness (QED) is 0.158. The predicted octanol–water partition coefficient (Wildman–Crippen LogP) is 13.9. The Balaban J connectivity index is 1.02. The summed E-state index contributed by atoms with van der Waals surface area (Å²) < 4.78 is 9.79. The van der Waals surface area contributed by atoms with Crippen LogP contribution in [-0.4, -0.2) is 9.55 Å². The van der Waals surface area contributed by atoms with E-state index in [1.54, 1.807) is 0 Å². The van der Waals surface area contributed by atoms with Gasteiger partial charge in [-0.2, -0.15) is 9.13 Å². The Morgan fingerprint density at radius 1 is 0.600 bits per heavy atom. The lowest BCUT2D eigenvalue weighted by Crippen LogP contribution is -2.53. The number of benzene rings is 8. The van der Waals surface area contributed by atoms with Crippen LogP contribution < -0.4 is 9.13 Å². The van der Waals surface area contributed by atoms with Gasteiger partial charge in [0.15, 0.2) is 0 Å². The van der Waals surface area contributed by atoms with Crippen LogP contribution in [0.2, 0.25) is 0 Å². The maximum absolute atomic E-state index is 5.78. The Labute approximate surface area is 383 Å². The van der Waals surface area contributed by atoms with Crippen molar-refractivity contribution in [1.82, 2.24) is 9.55 Å². The highest BCUT2D eigenvalue weighted by Gasteiger charge is 2.42. The molecule has 0 spiro atoms. The fourth-order valence-corrected chi connectivity index (χ4v) is 13.1. The molecule has 0 bridgehead atoms. The number of fused-ring (bicyclic) bond motifs is 13. The van der Waals surface area contributed by atoms with Gasteiger partial charge >= 0.3 is 17.5 Å². The number of hydrogen-bond donors (Lipinski definition) is 0. The first kappa shape index (κ1) is 38.3. The van der Waals surface area contributed by atoms with E-state index in [1.807, 2.05) is 11.3 Å². The molecule has 0 saturated heterocycles. The summed E-state index contributed by atoms with van der Waals surface area (Å²) in [6.45, 7) is 7.18. The van der Waals surface area contributed by atoms with Crippen molar-refractivity contribution in [2.45, 2.75) is 44.4 Å². The number of nitrogens with zero attached hydrogens (tertiary/aromatic N) is 4. The molecule has 65 heavy (non-hydrogen) atoms. The fraction of sp³-hybridized carbons (Fsp3) is 0.150. The number of para-hydroxylation sites is 1. The molecule has 2 aliphatic carbocycles. The first-order valence-electron chi connectivity index (χ1n) is 22.9. The van der Waals surface area contributed by atoms with Gasteiger partial charge in [0, 0.05) is 48.0 Å². The van der Waals surface area contributed by atoms with Crippen molar-refractivity contribution < 1.29 is 9.13 Å². The van der Waals surface area contributed by atoms with Gasteiger partial charge < -0.3 is 4.57 Å². The van der Waals surface area contributed by atoms with Gasteiger partial charge in [-0.15, -0.1) is 11.3 Å². The summed E-state index contributed by atoms with van der Waals surface area (Å²) >= 11 is 1.87. The normalized spacial score (nSPS) is 15.3. The van der Waals surface area contributed by atoms with Gasteiger partial charge in [-0.3, -0.25) is 0 Å². The summed E-state index contributed by atoms with van der Waals surface area (Å²) in [5.41, 5.74) is 16.7. The molecular weight excluding hydrogens is 809 g/mol. The Kier molecular flexibility index (Phi) is 8.33. The number of hydrogen-bond acceptors (Lipinski definition) is 2. The highest BCUT2D eigenvalue weighted by atomic mass is 32.1. The predicted molar refractivity (Wildman–Crippen MR) is 269 cm³/mol. The molecule has 5 heteroatoms. The molecule has 0 saturated carbocycles. The number of aromatic nitrogens is 4. The maximum atomic E-state index is 5.78. The summed E-state index contributed by atoms with van der Waals surface area (Å²) in [6, 6.07) is 65.5. The molecule has 0 fully saturated rings. The van der Waals surface area contributed by atoms with E-state index in [2.05, 4.69) is 224 Å². The third-order valence-corrected chi connectivity index (χ3v) is 16.1. The zero-order valence-corrected chi connectivity index (χ0v) is 38.1. The Morgan fingerprint density at radius 2 is 1.32 bits per heavy atom. The van der Waals surface area contributed by atoms with Crippen LogP contribution in [0.3, 0.4) is 0 Å². The minimum absolute atomic E-state index is 0.108. The second-order valence-electron chi connectivity index (χ2n) is 18.8. The molecule has 0 aliphatic heterocycles. The van der Waals surface area contributed by atoms with Gasteiger partial charge in [0.25, 0.3) is 0 Å². The molecule has 2 atom stereocenters. The minimum atomic E-state index is -0.136. The molecule has 3 heterocycles. The summed E-state index contributed by atoms with van der Waals surface area (Å²) in [6.07, 6.45) is 0.963. The second-order valence-corrected chi connectivity index (χ2v) is 19.9. The molecule has 0 radical (unpaired) electrons. The Hall–Kier alpha value is -7.21. The highest BCUT2D eigenvalue weighted by molar-refractivity contribution is 7.25. The Bertz CT molecular complexity index is 3790. The molecule has 0 N–H and O–H groups in total. The third kappa shape index (κ3) is 5.52. The molecule has 4 nitrogen and oxygen atoms in total. The number of thiophene rings is 1. The summed E-state index contributed by atoms with van der Waals surface area (Å²) in [4.78, 5) is 5.78. The first-order chi connectivity index (χ1) is 31.8. The van der Waals surface area contributed by atoms with E-state index in [1.165, 1.54) is 92.0 Å². The molecule has 2 unspecified atom stereocenters. The van der Waals surface area contributed by atoms with Crippen molar-refractivity contribution in [3.05, 3.63) is 204 Å². The molecule has 8 aromatic carbocycles. The number of rotatable bonds is 5. The van der Waals surface area contributed by atoms with Crippen LogP contribution in [0.5, 0.6) is 0 Å². The SMILES string of the molecule is CC(c1nc(-c2cccc(-n3c4ccccc4c4c5c(ccc43)-c3ccccc3C5(C)C)c2)[n+](C)c(-c2ccc3c(c2)sc2ccccc23)[n+]1C)C1Cc2ccccc2-c2ccccc21. The van der Waals surface area contributed by atoms with Crippen molar-refractivity contribution in [1.29, 1.82) is 0 Å². The zero-order chi connectivity index (χ0) is 43.7. The smallest absolute Gasteiger partial charge is 0.309 e. The van der Waals surface area contributed by atoms with Crippen LogP contribution >= 0.6 is 11.3 Å². The lowest BCUT2D eigenvalue weighted by atomic mass is 9.73. The topological polar surface area (TPSA) is 25.6 Å². The second kappa shape index (κ2) is 14.1. The van der Waals surface area contributed by atoms with Crippen LogP contribution in [0.25, 0.3) is 92.7 Å². The largest absolute Gasteiger partial charge is 0.402 e. The summed E-state index contributed by atoms with van der Waals surface area (Å²) in [7, 11) is 4.42. The van der Waals surface area contributed by atoms with Crippen LogP contribution in [0.15, 0.2) is 176 Å². The van der Waals surface area contributed by atoms with Crippen LogP contribution in [0.4, 0.5) is 0 Å². The van der Waals surface area contributed by atoms with Gasteiger partial charge in [0.1, 0.15) is 14.1 Å². The zero-order valence-electron chi connectivity index (χ0n) is 37.3. The Morgan fingerprint density at radius 3 is 2.20 bits per heavy atom. The van der Waals surface area contributed by atoms with E-state index in [9.17, 15) is 0 Å². The van der Waals surface area contributed by atoms with Crippen LogP contribution in [0, 0.1) is 0 Å². The van der Waals surface area contributed by atoms with E-state index in [-0.39, 0.29) is 17.3 Å². The molecule has 312 valence electrons. The van der Waals surface area contributed by atoms with E-state index < -0.39 is 0 Å². The first-order valence-corrected chi connectivity index (χ1v) is 23.7. The molecule has 13 rings (SSSR count). The average molecular weight is 857 g/mol. The van der Waals surface area contributed by atoms with E-state index >= 15 is 0 Å². The van der Waals surface area contributed by atoms with Crippen molar-refractivity contribution in [3.8, 4) is 50.7 Å². The van der Waals surface area contributed by atoms with E-state index in [4.69, 9.17) is 4.98 Å². The molecule has 0 amide bonds. The van der Waals surface area contributed by atoms with Crippen molar-refractivity contribution in [2.24, 2.45) is 14.1 Å². The van der Waals surface area contributed by atoms with Crippen molar-refractivity contribution in [2.75, 3.05) is 0 Å². The lowest BCUT2D eigenvalue weighted by molar-refractivity contribution is -0.789. The van der Waals surface area contributed by atoms with Gasteiger partial charge in [-0.25, -0.2) is 0 Å². The van der Waals surface area contributed by atoms with Crippen molar-refractivity contribution >= 4 is 53.3 Å². The van der Waals surface area contributed by atoms with Crippen molar-refractivity contribution in [3.63, 3.8) is 0 Å². The van der Waals surface area contributed by atoms with Gasteiger partial charge in [0.2, 0.25) is 0 Å². The average Bonchev–Trinajstić information content (AvgIpc) is 3.96. The molecule has 2 aliphatic rings. The summed E-state index contributed by atoms with van der Waals surface area (Å²) in [5, 5.41) is 5.24. The highest BCUT2D eigenvalue weighted by Crippen LogP contribution is 2.53. The standard InChI is InChI=1S/C60H48N4S/c1-36(49-34-37-17-6-7-20-41(37)42-21-8-9-22-43(42)49)57-61-58(63(5)59(62(57)4)39-29-30-46-45-24-12-15-28-53(45)65-54(46)35-39)38-18-16-19-40(33-38)64-51-27-14-11-25-48(51)55-52(64)32-31-47-44-23-10-13-26-50(44)60(2,3)56(47)55/h6-33,35-36,49H,34H2,1-5H3/q+2. The van der Waals surface area contributed by atoms with Gasteiger partial charge in [-0.05, 0) is 106 Å². The van der Waals surface area contributed by atoms with E-state index in [0.717, 1.165) is 35.1 Å². The lowest BCUT2D eigenvalue weighted by Gasteiger charge is -2.30. The van der Waals surface area contributed by atoms with Gasteiger partial charge in [0.05, 0.1) is 33.1 Å². The fourth-order valence-electron chi connectivity index (χ4n) is 12.0. The monoisotopic (exact) mass is 856 g/mol. The van der Waals surface area contributed by atoms with Gasteiger partial charge in [-0.1, -0.05) is 141 Å². The molecule has 3 aromatic heterocycles. The molecular formula is C60H48N4S+2. The van der Waals surface area contributed by atoms with E-state index in [0.29, 0.717) is 0 Å². The van der Waals surface area contributed by atoms with Crippen LogP contribution in [0.1, 0.15) is 60.7 Å². The summed E-state index contributed by atoms with van der Waals surface area (Å²) in [5.74, 6) is 3.50.